The fourth-order valence-corrected chi connectivity index (χ4v) is 3.47. The molecular weight excluding hydrogens is 346 g/mol. The predicted molar refractivity (Wildman–Crippen MR) is 112 cm³/mol. The summed E-state index contributed by atoms with van der Waals surface area (Å²) in [6, 6.07) is 27.9. The van der Waals surface area contributed by atoms with Crippen molar-refractivity contribution in [2.24, 2.45) is 0 Å². The van der Waals surface area contributed by atoms with Crippen LogP contribution in [-0.4, -0.2) is 15.5 Å². The molecule has 4 heteroatoms. The standard InChI is InChI=1S/C24H23N3O/c28-24(25-17-20-11-5-2-6-12-20)23(16-15-19-9-3-1-4-10-19)27-18-26-21-13-7-8-14-22(21)27/h1-14,18,23H,15-17H2,(H,25,28). The molecule has 28 heavy (non-hydrogen) atoms. The number of carbonyl (C=O) groups excluding carboxylic acids is 1. The number of carbonyl (C=O) groups is 1. The minimum absolute atomic E-state index is 0.0166. The first kappa shape index (κ1) is 18.0. The Morgan fingerprint density at radius 3 is 2.25 bits per heavy atom. The summed E-state index contributed by atoms with van der Waals surface area (Å²) in [5.41, 5.74) is 4.21. The highest BCUT2D eigenvalue weighted by molar-refractivity contribution is 5.83. The van der Waals surface area contributed by atoms with Crippen LogP contribution in [0.2, 0.25) is 0 Å². The van der Waals surface area contributed by atoms with E-state index in [1.54, 1.807) is 6.33 Å². The summed E-state index contributed by atoms with van der Waals surface area (Å²) in [6.45, 7) is 0.522. The molecule has 0 bridgehead atoms. The molecule has 0 aliphatic carbocycles. The highest BCUT2D eigenvalue weighted by Gasteiger charge is 2.22. The minimum atomic E-state index is -0.309. The van der Waals surface area contributed by atoms with Crippen LogP contribution in [-0.2, 0) is 17.8 Å². The third-order valence-corrected chi connectivity index (χ3v) is 4.98. The van der Waals surface area contributed by atoms with Crippen molar-refractivity contribution in [1.29, 1.82) is 0 Å². The second-order valence-electron chi connectivity index (χ2n) is 6.88. The van der Waals surface area contributed by atoms with Crippen molar-refractivity contribution in [3.8, 4) is 0 Å². The molecule has 0 fully saturated rings. The number of fused-ring (bicyclic) bond motifs is 1. The summed E-state index contributed by atoms with van der Waals surface area (Å²) in [7, 11) is 0. The van der Waals surface area contributed by atoms with E-state index in [0.717, 1.165) is 23.0 Å². The Bertz CT molecular complexity index is 1040. The lowest BCUT2D eigenvalue weighted by Crippen LogP contribution is -2.32. The molecule has 1 amide bonds. The maximum atomic E-state index is 13.1. The van der Waals surface area contributed by atoms with Crippen molar-refractivity contribution in [3.05, 3.63) is 102 Å². The molecule has 0 radical (unpaired) electrons. The van der Waals surface area contributed by atoms with Crippen LogP contribution in [0.4, 0.5) is 0 Å². The van der Waals surface area contributed by atoms with Gasteiger partial charge in [-0.1, -0.05) is 72.8 Å². The zero-order valence-electron chi connectivity index (χ0n) is 15.7. The van der Waals surface area contributed by atoms with Crippen molar-refractivity contribution in [1.82, 2.24) is 14.9 Å². The lowest BCUT2D eigenvalue weighted by molar-refractivity contribution is -0.124. The molecule has 0 aliphatic rings. The molecule has 0 aliphatic heterocycles. The van der Waals surface area contributed by atoms with E-state index in [2.05, 4.69) is 22.4 Å². The van der Waals surface area contributed by atoms with Gasteiger partial charge in [-0.25, -0.2) is 4.98 Å². The number of aromatic nitrogens is 2. The van der Waals surface area contributed by atoms with E-state index in [1.165, 1.54) is 5.56 Å². The molecule has 0 saturated heterocycles. The fourth-order valence-electron chi connectivity index (χ4n) is 3.47. The molecule has 1 N–H and O–H groups in total. The smallest absolute Gasteiger partial charge is 0.243 e. The van der Waals surface area contributed by atoms with Gasteiger partial charge in [0, 0.05) is 6.54 Å². The van der Waals surface area contributed by atoms with Gasteiger partial charge in [0.25, 0.3) is 0 Å². The summed E-state index contributed by atoms with van der Waals surface area (Å²) >= 11 is 0. The van der Waals surface area contributed by atoms with Gasteiger partial charge >= 0.3 is 0 Å². The van der Waals surface area contributed by atoms with E-state index in [1.807, 2.05) is 77.4 Å². The molecule has 1 unspecified atom stereocenters. The van der Waals surface area contributed by atoms with Crippen molar-refractivity contribution >= 4 is 16.9 Å². The topological polar surface area (TPSA) is 46.9 Å². The van der Waals surface area contributed by atoms with Gasteiger partial charge in [0.15, 0.2) is 0 Å². The average Bonchev–Trinajstić information content (AvgIpc) is 3.18. The predicted octanol–water partition coefficient (Wildman–Crippen LogP) is 4.53. The molecule has 4 aromatic rings. The summed E-state index contributed by atoms with van der Waals surface area (Å²) < 4.78 is 2.00. The highest BCUT2D eigenvalue weighted by atomic mass is 16.2. The molecular formula is C24H23N3O. The molecule has 140 valence electrons. The SMILES string of the molecule is O=C(NCc1ccccc1)C(CCc1ccccc1)n1cnc2ccccc21. The first-order valence-corrected chi connectivity index (χ1v) is 9.58. The molecule has 1 atom stereocenters. The van der Waals surface area contributed by atoms with E-state index in [9.17, 15) is 4.79 Å². The number of benzene rings is 3. The first-order chi connectivity index (χ1) is 13.8. The number of rotatable bonds is 7. The Labute approximate surface area is 164 Å². The van der Waals surface area contributed by atoms with Gasteiger partial charge in [0.1, 0.15) is 6.04 Å². The van der Waals surface area contributed by atoms with Gasteiger partial charge in [0.05, 0.1) is 17.4 Å². The van der Waals surface area contributed by atoms with Crippen LogP contribution < -0.4 is 5.32 Å². The van der Waals surface area contributed by atoms with E-state index < -0.39 is 0 Å². The van der Waals surface area contributed by atoms with Crippen LogP contribution in [0.1, 0.15) is 23.6 Å². The zero-order valence-corrected chi connectivity index (χ0v) is 15.7. The number of hydrogen-bond donors (Lipinski definition) is 1. The van der Waals surface area contributed by atoms with Crippen LogP contribution in [0.25, 0.3) is 11.0 Å². The molecule has 1 heterocycles. The highest BCUT2D eigenvalue weighted by Crippen LogP contribution is 2.22. The van der Waals surface area contributed by atoms with Crippen LogP contribution >= 0.6 is 0 Å². The van der Waals surface area contributed by atoms with Gasteiger partial charge in [0.2, 0.25) is 5.91 Å². The first-order valence-electron chi connectivity index (χ1n) is 9.58. The number of amides is 1. The second-order valence-corrected chi connectivity index (χ2v) is 6.88. The zero-order chi connectivity index (χ0) is 19.2. The van der Waals surface area contributed by atoms with Gasteiger partial charge in [-0.15, -0.1) is 0 Å². The summed E-state index contributed by atoms with van der Waals surface area (Å²) in [4.78, 5) is 17.6. The van der Waals surface area contributed by atoms with E-state index >= 15 is 0 Å². The Morgan fingerprint density at radius 2 is 1.50 bits per heavy atom. The van der Waals surface area contributed by atoms with Crippen molar-refractivity contribution in [3.63, 3.8) is 0 Å². The largest absolute Gasteiger partial charge is 0.350 e. The number of hydrogen-bond acceptors (Lipinski definition) is 2. The van der Waals surface area contributed by atoms with Gasteiger partial charge < -0.3 is 9.88 Å². The third-order valence-electron chi connectivity index (χ3n) is 4.98. The second kappa shape index (κ2) is 8.53. The van der Waals surface area contributed by atoms with Crippen LogP contribution in [0.5, 0.6) is 0 Å². The average molecular weight is 369 g/mol. The van der Waals surface area contributed by atoms with Gasteiger partial charge in [-0.2, -0.15) is 0 Å². The Kier molecular flexibility index (Phi) is 5.48. The lowest BCUT2D eigenvalue weighted by atomic mass is 10.0. The molecule has 0 spiro atoms. The summed E-state index contributed by atoms with van der Waals surface area (Å²) in [5, 5.41) is 3.10. The number of para-hydroxylation sites is 2. The molecule has 4 rings (SSSR count). The number of nitrogens with zero attached hydrogens (tertiary/aromatic N) is 2. The fraction of sp³-hybridized carbons (Fsp3) is 0.167. The normalized spacial score (nSPS) is 12.0. The lowest BCUT2D eigenvalue weighted by Gasteiger charge is -2.19. The Morgan fingerprint density at radius 1 is 0.857 bits per heavy atom. The summed E-state index contributed by atoms with van der Waals surface area (Å²) in [5.74, 6) is 0.0166. The van der Waals surface area contributed by atoms with Gasteiger partial charge in [-0.3, -0.25) is 4.79 Å². The molecule has 4 nitrogen and oxygen atoms in total. The van der Waals surface area contributed by atoms with E-state index in [0.29, 0.717) is 13.0 Å². The monoisotopic (exact) mass is 369 g/mol. The Balaban J connectivity index is 1.56. The van der Waals surface area contributed by atoms with Crippen molar-refractivity contribution < 1.29 is 4.79 Å². The van der Waals surface area contributed by atoms with Gasteiger partial charge in [-0.05, 0) is 36.1 Å². The maximum Gasteiger partial charge on any atom is 0.243 e. The number of imidazole rings is 1. The van der Waals surface area contributed by atoms with Crippen LogP contribution in [0.3, 0.4) is 0 Å². The maximum absolute atomic E-state index is 13.1. The molecule has 0 saturated carbocycles. The molecule has 3 aromatic carbocycles. The van der Waals surface area contributed by atoms with Crippen LogP contribution in [0, 0.1) is 0 Å². The van der Waals surface area contributed by atoms with Crippen molar-refractivity contribution in [2.45, 2.75) is 25.4 Å². The number of nitrogens with one attached hydrogen (secondary N) is 1. The van der Waals surface area contributed by atoms with E-state index in [4.69, 9.17) is 0 Å². The summed E-state index contributed by atoms with van der Waals surface area (Å²) in [6.07, 6.45) is 3.32. The van der Waals surface area contributed by atoms with E-state index in [-0.39, 0.29) is 11.9 Å². The third kappa shape index (κ3) is 4.12. The quantitative estimate of drug-likeness (QED) is 0.520. The van der Waals surface area contributed by atoms with Crippen molar-refractivity contribution in [2.75, 3.05) is 0 Å². The number of aryl methyl sites for hydroxylation is 1. The van der Waals surface area contributed by atoms with Crippen LogP contribution in [0.15, 0.2) is 91.3 Å². The molecule has 1 aromatic heterocycles. The minimum Gasteiger partial charge on any atom is -0.350 e. The Hall–Kier alpha value is -3.40.